The van der Waals surface area contributed by atoms with E-state index < -0.39 is 40.8 Å². The van der Waals surface area contributed by atoms with E-state index in [1.165, 1.54) is 12.1 Å². The number of rotatable bonds is 5. The number of hydrogen-bond acceptors (Lipinski definition) is 5. The molecule has 2 aromatic carbocycles. The molecule has 0 aliphatic rings. The van der Waals surface area contributed by atoms with Crippen LogP contribution in [-0.4, -0.2) is 16.1 Å². The maximum Gasteiger partial charge on any atom is 0.417 e. The molecule has 0 aliphatic carbocycles. The number of benzene rings is 2. The van der Waals surface area contributed by atoms with Crippen LogP contribution < -0.4 is 10.9 Å². The normalized spacial score (nSPS) is 12.0. The van der Waals surface area contributed by atoms with Crippen molar-refractivity contribution in [2.45, 2.75) is 18.8 Å². The molecule has 0 aliphatic heterocycles. The number of aromatic nitrogens is 2. The Morgan fingerprint density at radius 2 is 1.61 bits per heavy atom. The SMILES string of the molecule is O=C(NNc1nnc(Cc2ccc(C(F)(F)F)cc2)s1)c1cc(F)ccc1C(F)(F)F. The van der Waals surface area contributed by atoms with Crippen molar-refractivity contribution < 1.29 is 35.5 Å². The summed E-state index contributed by atoms with van der Waals surface area (Å²) in [4.78, 5) is 12.1. The summed E-state index contributed by atoms with van der Waals surface area (Å²) in [6.45, 7) is 0. The summed E-state index contributed by atoms with van der Waals surface area (Å²) >= 11 is 0.921. The standard InChI is InChI=1S/C18H11F7N4OS/c19-11-5-6-13(18(23,24)25)12(8-11)15(30)27-29-16-28-26-14(31-16)7-9-1-3-10(4-2-9)17(20,21)22/h1-6,8H,7H2,(H,27,30)(H,28,29). The van der Waals surface area contributed by atoms with Crippen molar-refractivity contribution in [3.63, 3.8) is 0 Å². The van der Waals surface area contributed by atoms with E-state index in [1.54, 1.807) is 0 Å². The third kappa shape index (κ3) is 5.69. The van der Waals surface area contributed by atoms with Crippen LogP contribution in [0.5, 0.6) is 0 Å². The molecule has 0 saturated carbocycles. The Balaban J connectivity index is 1.65. The van der Waals surface area contributed by atoms with E-state index >= 15 is 0 Å². The molecular weight excluding hydrogens is 453 g/mol. The molecule has 3 rings (SSSR count). The van der Waals surface area contributed by atoms with Crippen LogP contribution in [0.1, 0.15) is 32.1 Å². The first kappa shape index (κ1) is 22.5. The van der Waals surface area contributed by atoms with E-state index in [-0.39, 0.29) is 11.6 Å². The molecule has 3 aromatic rings. The Kier molecular flexibility index (Phi) is 6.15. The largest absolute Gasteiger partial charge is 0.417 e. The molecule has 164 valence electrons. The van der Waals surface area contributed by atoms with Gasteiger partial charge in [-0.1, -0.05) is 23.5 Å². The number of nitrogens with zero attached hydrogens (tertiary/aromatic N) is 2. The van der Waals surface area contributed by atoms with Crippen LogP contribution in [0.2, 0.25) is 0 Å². The second kappa shape index (κ2) is 8.49. The molecule has 1 aromatic heterocycles. The number of hydrogen-bond donors (Lipinski definition) is 2. The van der Waals surface area contributed by atoms with E-state index in [1.807, 2.05) is 5.43 Å². The van der Waals surface area contributed by atoms with Crippen LogP contribution in [0.4, 0.5) is 35.9 Å². The Morgan fingerprint density at radius 1 is 0.935 bits per heavy atom. The van der Waals surface area contributed by atoms with Gasteiger partial charge in [0.05, 0.1) is 16.7 Å². The summed E-state index contributed by atoms with van der Waals surface area (Å²) in [5.74, 6) is -2.26. The van der Waals surface area contributed by atoms with E-state index in [2.05, 4.69) is 15.6 Å². The number of carbonyl (C=O) groups is 1. The van der Waals surface area contributed by atoms with Gasteiger partial charge in [0.2, 0.25) is 5.13 Å². The van der Waals surface area contributed by atoms with Gasteiger partial charge in [-0.3, -0.25) is 15.6 Å². The van der Waals surface area contributed by atoms with Crippen LogP contribution in [-0.2, 0) is 18.8 Å². The van der Waals surface area contributed by atoms with Crippen molar-refractivity contribution in [1.82, 2.24) is 15.6 Å². The lowest BCUT2D eigenvalue weighted by molar-refractivity contribution is -0.138. The fourth-order valence-corrected chi connectivity index (χ4v) is 3.22. The highest BCUT2D eigenvalue weighted by molar-refractivity contribution is 7.15. The average Bonchev–Trinajstić information content (AvgIpc) is 3.12. The number of amides is 1. The average molecular weight is 464 g/mol. The summed E-state index contributed by atoms with van der Waals surface area (Å²) < 4.78 is 90.1. The molecule has 0 spiro atoms. The predicted octanol–water partition coefficient (Wildman–Crippen LogP) is 5.06. The monoisotopic (exact) mass is 464 g/mol. The Labute approximate surface area is 173 Å². The minimum atomic E-state index is -4.86. The van der Waals surface area contributed by atoms with Crippen molar-refractivity contribution in [3.05, 3.63) is 75.5 Å². The molecule has 0 bridgehead atoms. The van der Waals surface area contributed by atoms with E-state index in [9.17, 15) is 35.5 Å². The van der Waals surface area contributed by atoms with E-state index in [4.69, 9.17) is 0 Å². The quantitative estimate of drug-likeness (QED) is 0.409. The van der Waals surface area contributed by atoms with Crippen LogP contribution in [0.25, 0.3) is 0 Å². The Bertz CT molecular complexity index is 1080. The zero-order chi connectivity index (χ0) is 22.8. The molecule has 0 unspecified atom stereocenters. The molecule has 0 atom stereocenters. The lowest BCUT2D eigenvalue weighted by atomic mass is 10.1. The first-order valence-corrected chi connectivity index (χ1v) is 9.17. The minimum absolute atomic E-state index is 0.0141. The summed E-state index contributed by atoms with van der Waals surface area (Å²) in [6.07, 6.45) is -9.17. The molecule has 2 N–H and O–H groups in total. The molecule has 31 heavy (non-hydrogen) atoms. The van der Waals surface area contributed by atoms with Gasteiger partial charge in [0.1, 0.15) is 10.8 Å². The van der Waals surface area contributed by atoms with Crippen molar-refractivity contribution in [3.8, 4) is 0 Å². The maximum absolute atomic E-state index is 13.3. The van der Waals surface area contributed by atoms with Crippen LogP contribution in [0.15, 0.2) is 42.5 Å². The molecule has 0 radical (unpaired) electrons. The third-order valence-electron chi connectivity index (χ3n) is 3.92. The number of nitrogens with one attached hydrogen (secondary N) is 2. The van der Waals surface area contributed by atoms with Crippen molar-refractivity contribution >= 4 is 22.4 Å². The molecule has 1 heterocycles. The van der Waals surface area contributed by atoms with E-state index in [0.717, 1.165) is 23.5 Å². The fraction of sp³-hybridized carbons (Fsp3) is 0.167. The van der Waals surface area contributed by atoms with Gasteiger partial charge >= 0.3 is 12.4 Å². The van der Waals surface area contributed by atoms with Crippen molar-refractivity contribution in [1.29, 1.82) is 0 Å². The minimum Gasteiger partial charge on any atom is -0.271 e. The number of hydrazine groups is 1. The third-order valence-corrected chi connectivity index (χ3v) is 4.76. The highest BCUT2D eigenvalue weighted by atomic mass is 32.1. The first-order chi connectivity index (χ1) is 14.4. The highest BCUT2D eigenvalue weighted by Crippen LogP contribution is 2.32. The first-order valence-electron chi connectivity index (χ1n) is 8.35. The van der Waals surface area contributed by atoms with Gasteiger partial charge in [0, 0.05) is 6.42 Å². The molecule has 5 nitrogen and oxygen atoms in total. The van der Waals surface area contributed by atoms with Crippen molar-refractivity contribution in [2.24, 2.45) is 0 Å². The Morgan fingerprint density at radius 3 is 2.23 bits per heavy atom. The fourth-order valence-electron chi connectivity index (χ4n) is 2.49. The molecule has 13 heteroatoms. The highest BCUT2D eigenvalue weighted by Gasteiger charge is 2.35. The number of halogens is 7. The zero-order valence-electron chi connectivity index (χ0n) is 15.1. The zero-order valence-corrected chi connectivity index (χ0v) is 15.9. The summed E-state index contributed by atoms with van der Waals surface area (Å²) in [5, 5.41) is 7.87. The second-order valence-corrected chi connectivity index (χ2v) is 7.20. The van der Waals surface area contributed by atoms with E-state index in [0.29, 0.717) is 28.8 Å². The predicted molar refractivity (Wildman–Crippen MR) is 96.6 cm³/mol. The molecule has 0 fully saturated rings. The molecule has 1 amide bonds. The summed E-state index contributed by atoms with van der Waals surface area (Å²) in [5.41, 5.74) is 1.76. The van der Waals surface area contributed by atoms with Gasteiger partial charge in [-0.2, -0.15) is 26.3 Å². The van der Waals surface area contributed by atoms with Gasteiger partial charge in [0.15, 0.2) is 0 Å². The maximum atomic E-state index is 13.3. The van der Waals surface area contributed by atoms with Gasteiger partial charge in [0.25, 0.3) is 5.91 Å². The smallest absolute Gasteiger partial charge is 0.271 e. The van der Waals surface area contributed by atoms with Crippen LogP contribution in [0, 0.1) is 5.82 Å². The lowest BCUT2D eigenvalue weighted by Gasteiger charge is -2.12. The molecular formula is C18H11F7N4OS. The Hall–Kier alpha value is -3.22. The van der Waals surface area contributed by atoms with Gasteiger partial charge in [-0.25, -0.2) is 4.39 Å². The van der Waals surface area contributed by atoms with Gasteiger partial charge in [-0.15, -0.1) is 10.2 Å². The van der Waals surface area contributed by atoms with Gasteiger partial charge < -0.3 is 0 Å². The van der Waals surface area contributed by atoms with Crippen LogP contribution >= 0.6 is 11.3 Å². The topological polar surface area (TPSA) is 66.9 Å². The molecule has 0 saturated heterocycles. The lowest BCUT2D eigenvalue weighted by Crippen LogP contribution is -2.31. The number of alkyl halides is 6. The summed E-state index contributed by atoms with van der Waals surface area (Å²) in [7, 11) is 0. The van der Waals surface area contributed by atoms with Gasteiger partial charge in [-0.05, 0) is 35.9 Å². The van der Waals surface area contributed by atoms with Crippen LogP contribution in [0.3, 0.4) is 0 Å². The second-order valence-electron chi connectivity index (χ2n) is 6.14. The summed E-state index contributed by atoms with van der Waals surface area (Å²) in [6, 6.07) is 5.90. The number of carbonyl (C=O) groups excluding carboxylic acids is 1. The number of anilines is 1. The van der Waals surface area contributed by atoms with Crippen molar-refractivity contribution in [2.75, 3.05) is 5.43 Å².